The van der Waals surface area contributed by atoms with Crippen LogP contribution in [0.15, 0.2) is 40.9 Å². The van der Waals surface area contributed by atoms with Crippen molar-refractivity contribution >= 4 is 43.5 Å². The van der Waals surface area contributed by atoms with Gasteiger partial charge in [-0.3, -0.25) is 0 Å². The van der Waals surface area contributed by atoms with Gasteiger partial charge in [-0.05, 0) is 46.3 Å². The zero-order valence-corrected chi connectivity index (χ0v) is 13.0. The summed E-state index contributed by atoms with van der Waals surface area (Å²) in [6.07, 6.45) is 0. The van der Waals surface area contributed by atoms with Crippen LogP contribution in [0.2, 0.25) is 5.02 Å². The maximum atomic E-state index is 13.4. The predicted octanol–water partition coefficient (Wildman–Crippen LogP) is 5.93. The van der Waals surface area contributed by atoms with Crippen molar-refractivity contribution in [2.75, 3.05) is 0 Å². The van der Waals surface area contributed by atoms with E-state index in [0.717, 1.165) is 5.56 Å². The van der Waals surface area contributed by atoms with Crippen LogP contribution in [0.5, 0.6) is 11.5 Å². The Balaban J connectivity index is 2.30. The van der Waals surface area contributed by atoms with E-state index in [4.69, 9.17) is 16.3 Å². The highest BCUT2D eigenvalue weighted by atomic mass is 79.9. The first-order valence-corrected chi connectivity index (χ1v) is 7.36. The van der Waals surface area contributed by atoms with Crippen LogP contribution in [-0.2, 0) is 5.33 Å². The fourth-order valence-electron chi connectivity index (χ4n) is 1.42. The van der Waals surface area contributed by atoms with Gasteiger partial charge in [0.05, 0.1) is 4.47 Å². The molecule has 2 aromatic carbocycles. The molecule has 5 heteroatoms. The van der Waals surface area contributed by atoms with Gasteiger partial charge in [-0.2, -0.15) is 0 Å². The lowest BCUT2D eigenvalue weighted by atomic mass is 10.2. The highest BCUT2D eigenvalue weighted by Crippen LogP contribution is 2.30. The van der Waals surface area contributed by atoms with Gasteiger partial charge in [0.15, 0.2) is 0 Å². The van der Waals surface area contributed by atoms with E-state index in [0.29, 0.717) is 26.3 Å². The molecule has 0 fully saturated rings. The molecular weight excluding hydrogens is 386 g/mol. The molecule has 1 nitrogen and oxygen atoms in total. The van der Waals surface area contributed by atoms with Gasteiger partial charge < -0.3 is 4.74 Å². The zero-order valence-electron chi connectivity index (χ0n) is 9.09. The van der Waals surface area contributed by atoms with Crippen molar-refractivity contribution in [3.05, 3.63) is 57.3 Å². The standard InChI is InChI=1S/C13H8Br2ClFO/c14-7-8-5-9(16)1-4-13(8)18-10-2-3-11(15)12(17)6-10/h1-6H,7H2. The van der Waals surface area contributed by atoms with Crippen molar-refractivity contribution in [3.63, 3.8) is 0 Å². The second-order valence-electron chi connectivity index (χ2n) is 3.56. The van der Waals surface area contributed by atoms with Gasteiger partial charge in [0, 0.05) is 22.0 Å². The van der Waals surface area contributed by atoms with E-state index >= 15 is 0 Å². The average molecular weight is 394 g/mol. The van der Waals surface area contributed by atoms with Crippen LogP contribution in [0, 0.1) is 5.82 Å². The molecule has 0 radical (unpaired) electrons. The number of hydrogen-bond acceptors (Lipinski definition) is 1. The molecule has 0 spiro atoms. The van der Waals surface area contributed by atoms with Crippen molar-refractivity contribution in [2.45, 2.75) is 5.33 Å². The van der Waals surface area contributed by atoms with Crippen molar-refractivity contribution in [3.8, 4) is 11.5 Å². The van der Waals surface area contributed by atoms with Gasteiger partial charge in [-0.25, -0.2) is 4.39 Å². The summed E-state index contributed by atoms with van der Waals surface area (Å²) in [6, 6.07) is 9.93. The van der Waals surface area contributed by atoms with Crippen LogP contribution in [0.3, 0.4) is 0 Å². The molecule has 0 heterocycles. The van der Waals surface area contributed by atoms with Crippen molar-refractivity contribution in [2.24, 2.45) is 0 Å². The third kappa shape index (κ3) is 3.25. The molecule has 0 N–H and O–H groups in total. The smallest absolute Gasteiger partial charge is 0.141 e. The molecule has 0 aromatic heterocycles. The molecule has 0 aliphatic heterocycles. The van der Waals surface area contributed by atoms with Crippen LogP contribution in [0.25, 0.3) is 0 Å². The van der Waals surface area contributed by atoms with E-state index in [9.17, 15) is 4.39 Å². The number of benzene rings is 2. The maximum absolute atomic E-state index is 13.4. The highest BCUT2D eigenvalue weighted by Gasteiger charge is 2.07. The van der Waals surface area contributed by atoms with E-state index in [2.05, 4.69) is 31.9 Å². The number of rotatable bonds is 3. The molecule has 0 aliphatic rings. The van der Waals surface area contributed by atoms with Crippen LogP contribution < -0.4 is 4.74 Å². The lowest BCUT2D eigenvalue weighted by molar-refractivity contribution is 0.472. The van der Waals surface area contributed by atoms with Crippen molar-refractivity contribution in [1.82, 2.24) is 0 Å². The SMILES string of the molecule is Fc1cc(Oc2ccc(Cl)cc2CBr)ccc1Br. The minimum absolute atomic E-state index is 0.359. The molecule has 94 valence electrons. The zero-order chi connectivity index (χ0) is 13.1. The second-order valence-corrected chi connectivity index (χ2v) is 5.42. The minimum Gasteiger partial charge on any atom is -0.457 e. The second kappa shape index (κ2) is 6.04. The van der Waals surface area contributed by atoms with E-state index < -0.39 is 0 Å². The molecule has 0 atom stereocenters. The number of hydrogen-bond donors (Lipinski definition) is 0. The summed E-state index contributed by atoms with van der Waals surface area (Å²) >= 11 is 12.4. The summed E-state index contributed by atoms with van der Waals surface area (Å²) in [6.45, 7) is 0. The summed E-state index contributed by atoms with van der Waals surface area (Å²) in [7, 11) is 0. The van der Waals surface area contributed by atoms with Crippen LogP contribution in [-0.4, -0.2) is 0 Å². The van der Waals surface area contributed by atoms with E-state index in [-0.39, 0.29) is 5.82 Å². The number of halogens is 4. The van der Waals surface area contributed by atoms with E-state index in [1.54, 1.807) is 30.3 Å². The maximum Gasteiger partial charge on any atom is 0.141 e. The Morgan fingerprint density at radius 1 is 1.17 bits per heavy atom. The lowest BCUT2D eigenvalue weighted by Gasteiger charge is -2.10. The largest absolute Gasteiger partial charge is 0.457 e. The summed E-state index contributed by atoms with van der Waals surface area (Å²) < 4.78 is 19.4. The van der Waals surface area contributed by atoms with Gasteiger partial charge in [-0.1, -0.05) is 27.5 Å². The Hall–Kier alpha value is -0.580. The first kappa shape index (κ1) is 13.8. The monoisotopic (exact) mass is 392 g/mol. The van der Waals surface area contributed by atoms with Crippen molar-refractivity contribution < 1.29 is 9.13 Å². The fourth-order valence-corrected chi connectivity index (χ4v) is 2.30. The molecule has 18 heavy (non-hydrogen) atoms. The van der Waals surface area contributed by atoms with E-state index in [1.807, 2.05) is 0 Å². The molecule has 2 aromatic rings. The summed E-state index contributed by atoms with van der Waals surface area (Å²) in [5, 5.41) is 1.25. The van der Waals surface area contributed by atoms with Gasteiger partial charge in [0.1, 0.15) is 17.3 Å². The van der Waals surface area contributed by atoms with Gasteiger partial charge in [0.2, 0.25) is 0 Å². The Kier molecular flexibility index (Phi) is 4.65. The Morgan fingerprint density at radius 3 is 2.61 bits per heavy atom. The summed E-state index contributed by atoms with van der Waals surface area (Å²) in [5.74, 6) is 0.736. The first-order valence-electron chi connectivity index (χ1n) is 5.07. The van der Waals surface area contributed by atoms with Gasteiger partial charge >= 0.3 is 0 Å². The van der Waals surface area contributed by atoms with Crippen LogP contribution in [0.1, 0.15) is 5.56 Å². The lowest BCUT2D eigenvalue weighted by Crippen LogP contribution is -1.90. The predicted molar refractivity (Wildman–Crippen MR) is 78.3 cm³/mol. The number of ether oxygens (including phenoxy) is 1. The third-order valence-electron chi connectivity index (χ3n) is 2.29. The molecule has 0 unspecified atom stereocenters. The van der Waals surface area contributed by atoms with Crippen LogP contribution in [0.4, 0.5) is 4.39 Å². The molecule has 0 saturated carbocycles. The number of alkyl halides is 1. The Bertz CT molecular complexity index is 575. The molecule has 0 bridgehead atoms. The molecular formula is C13H8Br2ClFO. The topological polar surface area (TPSA) is 9.23 Å². The summed E-state index contributed by atoms with van der Waals surface area (Å²) in [5.41, 5.74) is 0.908. The normalized spacial score (nSPS) is 10.4. The first-order chi connectivity index (χ1) is 8.60. The molecule has 2 rings (SSSR count). The van der Waals surface area contributed by atoms with Gasteiger partial charge in [0.25, 0.3) is 0 Å². The molecule has 0 saturated heterocycles. The third-order valence-corrected chi connectivity index (χ3v) is 3.77. The Morgan fingerprint density at radius 2 is 1.94 bits per heavy atom. The average Bonchev–Trinajstić information content (AvgIpc) is 2.36. The highest BCUT2D eigenvalue weighted by molar-refractivity contribution is 9.10. The van der Waals surface area contributed by atoms with Gasteiger partial charge in [-0.15, -0.1) is 0 Å². The summed E-state index contributed by atoms with van der Waals surface area (Å²) in [4.78, 5) is 0. The quantitative estimate of drug-likeness (QED) is 0.587. The minimum atomic E-state index is -0.359. The van der Waals surface area contributed by atoms with Crippen LogP contribution >= 0.6 is 43.5 Å². The fraction of sp³-hybridized carbons (Fsp3) is 0.0769. The molecule has 0 aliphatic carbocycles. The molecule has 0 amide bonds. The van der Waals surface area contributed by atoms with E-state index in [1.165, 1.54) is 6.07 Å². The Labute approximate surface area is 126 Å². The van der Waals surface area contributed by atoms with Crippen molar-refractivity contribution in [1.29, 1.82) is 0 Å².